The Balaban J connectivity index is 0.00000300. The standard InChI is InChI=1S/C21H35FN6.HI/c1-23-21(25-13-7-14-27(2)18-8-4-3-5-9-18)26-17-11-15-28(16-17)20-19(22)10-6-12-24-20;/h6,10,12,17-18H,3-5,7-9,11,13-16H2,1-2H3,(H2,23,25,26);1H. The summed E-state index contributed by atoms with van der Waals surface area (Å²) in [5, 5.41) is 6.89. The van der Waals surface area contributed by atoms with Crippen molar-refractivity contribution >= 4 is 35.8 Å². The van der Waals surface area contributed by atoms with E-state index < -0.39 is 0 Å². The predicted octanol–water partition coefficient (Wildman–Crippen LogP) is 3.24. The maximum absolute atomic E-state index is 13.9. The minimum absolute atomic E-state index is 0. The zero-order chi connectivity index (χ0) is 19.8. The van der Waals surface area contributed by atoms with Gasteiger partial charge in [-0.15, -0.1) is 24.0 Å². The molecule has 29 heavy (non-hydrogen) atoms. The molecule has 164 valence electrons. The Bertz CT molecular complexity index is 637. The molecule has 0 radical (unpaired) electrons. The van der Waals surface area contributed by atoms with Gasteiger partial charge in [-0.3, -0.25) is 4.99 Å². The molecule has 1 aliphatic heterocycles. The third-order valence-electron chi connectivity index (χ3n) is 5.97. The highest BCUT2D eigenvalue weighted by molar-refractivity contribution is 14.0. The molecule has 1 unspecified atom stereocenters. The fraction of sp³-hybridized carbons (Fsp3) is 0.714. The Hall–Kier alpha value is -1.16. The summed E-state index contributed by atoms with van der Waals surface area (Å²) in [6.45, 7) is 3.56. The summed E-state index contributed by atoms with van der Waals surface area (Å²) in [5.74, 6) is 1.02. The van der Waals surface area contributed by atoms with E-state index in [1.807, 2.05) is 4.90 Å². The lowest BCUT2D eigenvalue weighted by molar-refractivity contribution is 0.190. The summed E-state index contributed by atoms with van der Waals surface area (Å²) in [6, 6.07) is 4.11. The van der Waals surface area contributed by atoms with Crippen LogP contribution in [-0.2, 0) is 0 Å². The highest BCUT2D eigenvalue weighted by atomic mass is 127. The van der Waals surface area contributed by atoms with Crippen molar-refractivity contribution in [2.75, 3.05) is 45.2 Å². The molecule has 1 saturated heterocycles. The molecule has 6 nitrogen and oxygen atoms in total. The van der Waals surface area contributed by atoms with Gasteiger partial charge in [0.25, 0.3) is 0 Å². The van der Waals surface area contributed by atoms with Gasteiger partial charge in [-0.05, 0) is 51.4 Å². The summed E-state index contributed by atoms with van der Waals surface area (Å²) in [6.07, 6.45) is 10.5. The molecule has 2 heterocycles. The second-order valence-corrected chi connectivity index (χ2v) is 8.01. The Morgan fingerprint density at radius 3 is 2.83 bits per heavy atom. The Kier molecular flexibility index (Phi) is 10.4. The van der Waals surface area contributed by atoms with Crippen LogP contribution in [0, 0.1) is 5.82 Å². The van der Waals surface area contributed by atoms with E-state index in [-0.39, 0.29) is 35.8 Å². The molecule has 8 heteroatoms. The van der Waals surface area contributed by atoms with Crippen molar-refractivity contribution in [2.45, 2.75) is 57.0 Å². The van der Waals surface area contributed by atoms with Crippen LogP contribution in [0.25, 0.3) is 0 Å². The molecule has 1 aromatic heterocycles. The number of rotatable bonds is 7. The zero-order valence-corrected chi connectivity index (χ0v) is 20.1. The number of hydrogen-bond donors (Lipinski definition) is 2. The summed E-state index contributed by atoms with van der Waals surface area (Å²) in [5.41, 5.74) is 0. The first-order valence-corrected chi connectivity index (χ1v) is 10.7. The van der Waals surface area contributed by atoms with Crippen molar-refractivity contribution in [3.8, 4) is 0 Å². The highest BCUT2D eigenvalue weighted by Gasteiger charge is 2.26. The van der Waals surface area contributed by atoms with Gasteiger partial charge >= 0.3 is 0 Å². The minimum atomic E-state index is -0.257. The number of halogens is 2. The maximum Gasteiger partial charge on any atom is 0.191 e. The molecule has 3 rings (SSSR count). The molecular weight excluding hydrogens is 482 g/mol. The van der Waals surface area contributed by atoms with Crippen LogP contribution in [0.2, 0.25) is 0 Å². The van der Waals surface area contributed by atoms with Gasteiger partial charge in [-0.25, -0.2) is 9.37 Å². The topological polar surface area (TPSA) is 55.8 Å². The molecule has 2 N–H and O–H groups in total. The van der Waals surface area contributed by atoms with Crippen molar-refractivity contribution in [1.29, 1.82) is 0 Å². The van der Waals surface area contributed by atoms with Gasteiger partial charge in [0.1, 0.15) is 0 Å². The zero-order valence-electron chi connectivity index (χ0n) is 17.7. The van der Waals surface area contributed by atoms with Crippen LogP contribution in [0.3, 0.4) is 0 Å². The molecule has 1 aromatic rings. The van der Waals surface area contributed by atoms with Crippen molar-refractivity contribution < 1.29 is 4.39 Å². The molecule has 0 amide bonds. The lowest BCUT2D eigenvalue weighted by atomic mass is 9.94. The van der Waals surface area contributed by atoms with E-state index in [0.717, 1.165) is 51.0 Å². The Morgan fingerprint density at radius 1 is 1.31 bits per heavy atom. The monoisotopic (exact) mass is 518 g/mol. The summed E-state index contributed by atoms with van der Waals surface area (Å²) in [4.78, 5) is 13.0. The molecule has 0 bridgehead atoms. The fourth-order valence-electron chi connectivity index (χ4n) is 4.31. The second kappa shape index (κ2) is 12.5. The molecule has 0 aromatic carbocycles. The molecular formula is C21H36FIN6. The average molecular weight is 518 g/mol. The molecule has 2 fully saturated rings. The van der Waals surface area contributed by atoms with Crippen molar-refractivity contribution in [3.05, 3.63) is 24.1 Å². The second-order valence-electron chi connectivity index (χ2n) is 8.01. The summed E-state index contributed by atoms with van der Waals surface area (Å²) >= 11 is 0. The van der Waals surface area contributed by atoms with Gasteiger partial charge < -0.3 is 20.4 Å². The van der Waals surface area contributed by atoms with Gasteiger partial charge in [-0.2, -0.15) is 0 Å². The van der Waals surface area contributed by atoms with E-state index in [4.69, 9.17) is 0 Å². The first-order chi connectivity index (χ1) is 13.7. The van der Waals surface area contributed by atoms with Crippen LogP contribution >= 0.6 is 24.0 Å². The number of hydrogen-bond acceptors (Lipinski definition) is 4. The predicted molar refractivity (Wildman–Crippen MR) is 129 cm³/mol. The van der Waals surface area contributed by atoms with Gasteiger partial charge in [0.15, 0.2) is 17.6 Å². The lowest BCUT2D eigenvalue weighted by Gasteiger charge is -2.31. The molecule has 2 aliphatic rings. The van der Waals surface area contributed by atoms with Crippen LogP contribution in [-0.4, -0.2) is 68.2 Å². The normalized spacial score (nSPS) is 20.6. The maximum atomic E-state index is 13.9. The highest BCUT2D eigenvalue weighted by Crippen LogP contribution is 2.22. The smallest absolute Gasteiger partial charge is 0.191 e. The summed E-state index contributed by atoms with van der Waals surface area (Å²) in [7, 11) is 4.06. The average Bonchev–Trinajstić information content (AvgIpc) is 3.19. The van der Waals surface area contributed by atoms with E-state index in [2.05, 4.69) is 32.6 Å². The van der Waals surface area contributed by atoms with Crippen LogP contribution < -0.4 is 15.5 Å². The van der Waals surface area contributed by atoms with Gasteiger partial charge in [-0.1, -0.05) is 19.3 Å². The van der Waals surface area contributed by atoms with E-state index in [9.17, 15) is 4.39 Å². The van der Waals surface area contributed by atoms with E-state index in [1.165, 1.54) is 38.2 Å². The number of aliphatic imine (C=N–C) groups is 1. The van der Waals surface area contributed by atoms with E-state index >= 15 is 0 Å². The number of guanidine groups is 1. The minimum Gasteiger partial charge on any atom is -0.356 e. The van der Waals surface area contributed by atoms with Crippen LogP contribution in [0.1, 0.15) is 44.9 Å². The Labute approximate surface area is 191 Å². The number of nitrogens with one attached hydrogen (secondary N) is 2. The molecule has 1 atom stereocenters. The van der Waals surface area contributed by atoms with Gasteiger partial charge in [0.05, 0.1) is 0 Å². The van der Waals surface area contributed by atoms with Crippen molar-refractivity contribution in [3.63, 3.8) is 0 Å². The van der Waals surface area contributed by atoms with Crippen LogP contribution in [0.15, 0.2) is 23.3 Å². The van der Waals surface area contributed by atoms with E-state index in [0.29, 0.717) is 5.82 Å². The lowest BCUT2D eigenvalue weighted by Crippen LogP contribution is -2.45. The first kappa shape index (κ1) is 24.1. The third-order valence-corrected chi connectivity index (χ3v) is 5.97. The largest absolute Gasteiger partial charge is 0.356 e. The molecule has 1 saturated carbocycles. The fourth-order valence-corrected chi connectivity index (χ4v) is 4.31. The third kappa shape index (κ3) is 7.24. The molecule has 1 aliphatic carbocycles. The van der Waals surface area contributed by atoms with Gasteiger partial charge in [0, 0.05) is 45.0 Å². The summed E-state index contributed by atoms with van der Waals surface area (Å²) < 4.78 is 13.9. The van der Waals surface area contributed by atoms with E-state index in [1.54, 1.807) is 19.3 Å². The number of aromatic nitrogens is 1. The van der Waals surface area contributed by atoms with Gasteiger partial charge in [0.2, 0.25) is 0 Å². The molecule has 0 spiro atoms. The first-order valence-electron chi connectivity index (χ1n) is 10.7. The quantitative estimate of drug-likeness (QED) is 0.251. The van der Waals surface area contributed by atoms with Crippen molar-refractivity contribution in [2.24, 2.45) is 4.99 Å². The number of nitrogens with zero attached hydrogens (tertiary/aromatic N) is 4. The SMILES string of the molecule is CN=C(NCCCN(C)C1CCCCC1)NC1CCN(c2ncccc2F)C1.I. The van der Waals surface area contributed by atoms with Crippen LogP contribution in [0.5, 0.6) is 0 Å². The Morgan fingerprint density at radius 2 is 2.10 bits per heavy atom. The van der Waals surface area contributed by atoms with Crippen LogP contribution in [0.4, 0.5) is 10.2 Å². The van der Waals surface area contributed by atoms with Crippen molar-refractivity contribution in [1.82, 2.24) is 20.5 Å². The number of anilines is 1. The number of pyridine rings is 1.